The van der Waals surface area contributed by atoms with Gasteiger partial charge in [0.15, 0.2) is 23.0 Å². The summed E-state index contributed by atoms with van der Waals surface area (Å²) in [6, 6.07) is 9.97. The standard InChI is InChI=1S/C18H20O6/c1-21-15-7-5-13(9-18(15)23-3)14(20)11-24-16-6-4-12(10-19)8-17(16)22-2/h4-10,14,20H,11H2,1-3H3. The third kappa shape index (κ3) is 3.97. The largest absolute Gasteiger partial charge is 0.493 e. The molecular weight excluding hydrogens is 312 g/mol. The average molecular weight is 332 g/mol. The monoisotopic (exact) mass is 332 g/mol. The van der Waals surface area contributed by atoms with Crippen molar-refractivity contribution in [2.24, 2.45) is 0 Å². The highest BCUT2D eigenvalue weighted by Gasteiger charge is 2.14. The van der Waals surface area contributed by atoms with E-state index in [0.29, 0.717) is 34.1 Å². The Hall–Kier alpha value is -2.73. The predicted octanol–water partition coefficient (Wildman–Crippen LogP) is 2.64. The third-order valence-electron chi connectivity index (χ3n) is 3.51. The average Bonchev–Trinajstić information content (AvgIpc) is 2.65. The van der Waals surface area contributed by atoms with Crippen molar-refractivity contribution in [1.82, 2.24) is 0 Å². The summed E-state index contributed by atoms with van der Waals surface area (Å²) in [4.78, 5) is 10.8. The number of hydrogen-bond donors (Lipinski definition) is 1. The lowest BCUT2D eigenvalue weighted by Crippen LogP contribution is -2.10. The SMILES string of the molecule is COc1ccc(C(O)COc2ccc(C=O)cc2OC)cc1OC. The molecule has 0 bridgehead atoms. The Morgan fingerprint density at radius 1 is 0.917 bits per heavy atom. The minimum atomic E-state index is -0.861. The van der Waals surface area contributed by atoms with E-state index in [2.05, 4.69) is 0 Å². The van der Waals surface area contributed by atoms with Gasteiger partial charge in [0.25, 0.3) is 0 Å². The van der Waals surface area contributed by atoms with Crippen molar-refractivity contribution < 1.29 is 28.8 Å². The topological polar surface area (TPSA) is 74.2 Å². The van der Waals surface area contributed by atoms with Crippen molar-refractivity contribution >= 4 is 6.29 Å². The molecule has 0 aliphatic rings. The number of carbonyl (C=O) groups excluding carboxylic acids is 1. The van der Waals surface area contributed by atoms with Crippen molar-refractivity contribution in [2.75, 3.05) is 27.9 Å². The first kappa shape index (κ1) is 17.6. The van der Waals surface area contributed by atoms with Crippen LogP contribution in [0.3, 0.4) is 0 Å². The maximum Gasteiger partial charge on any atom is 0.161 e. The van der Waals surface area contributed by atoms with Gasteiger partial charge in [0.05, 0.1) is 21.3 Å². The molecule has 24 heavy (non-hydrogen) atoms. The van der Waals surface area contributed by atoms with E-state index < -0.39 is 6.10 Å². The molecule has 1 N–H and O–H groups in total. The maximum atomic E-state index is 10.8. The zero-order valence-electron chi connectivity index (χ0n) is 13.8. The summed E-state index contributed by atoms with van der Waals surface area (Å²) in [5, 5.41) is 10.3. The van der Waals surface area contributed by atoms with Crippen LogP contribution in [0.25, 0.3) is 0 Å². The van der Waals surface area contributed by atoms with Crippen molar-refractivity contribution in [3.8, 4) is 23.0 Å². The first-order valence-electron chi connectivity index (χ1n) is 7.29. The van der Waals surface area contributed by atoms with Gasteiger partial charge in [-0.25, -0.2) is 0 Å². The number of aliphatic hydroxyl groups is 1. The van der Waals surface area contributed by atoms with Crippen molar-refractivity contribution in [1.29, 1.82) is 0 Å². The Morgan fingerprint density at radius 3 is 2.17 bits per heavy atom. The molecule has 2 aromatic carbocycles. The highest BCUT2D eigenvalue weighted by molar-refractivity contribution is 5.76. The Balaban J connectivity index is 2.10. The number of aliphatic hydroxyl groups excluding tert-OH is 1. The summed E-state index contributed by atoms with van der Waals surface area (Å²) >= 11 is 0. The van der Waals surface area contributed by atoms with Gasteiger partial charge in [-0.2, -0.15) is 0 Å². The second kappa shape index (κ2) is 8.21. The van der Waals surface area contributed by atoms with E-state index in [1.165, 1.54) is 14.2 Å². The van der Waals surface area contributed by atoms with Gasteiger partial charge in [-0.3, -0.25) is 4.79 Å². The first-order chi connectivity index (χ1) is 11.6. The van der Waals surface area contributed by atoms with Gasteiger partial charge in [-0.1, -0.05) is 6.07 Å². The Labute approximate surface area is 140 Å². The number of hydrogen-bond acceptors (Lipinski definition) is 6. The lowest BCUT2D eigenvalue weighted by Gasteiger charge is -2.16. The Kier molecular flexibility index (Phi) is 6.03. The molecule has 0 spiro atoms. The molecule has 0 saturated carbocycles. The summed E-state index contributed by atoms with van der Waals surface area (Å²) in [6.45, 7) is 0.0201. The molecule has 0 heterocycles. The molecule has 0 fully saturated rings. The molecule has 1 unspecified atom stereocenters. The summed E-state index contributed by atoms with van der Waals surface area (Å²) in [6.07, 6.45) is -0.134. The van der Waals surface area contributed by atoms with E-state index in [9.17, 15) is 9.90 Å². The number of ether oxygens (including phenoxy) is 4. The molecule has 0 amide bonds. The Morgan fingerprint density at radius 2 is 1.54 bits per heavy atom. The van der Waals surface area contributed by atoms with Crippen LogP contribution in [0.15, 0.2) is 36.4 Å². The lowest BCUT2D eigenvalue weighted by molar-refractivity contribution is 0.106. The van der Waals surface area contributed by atoms with E-state index in [1.807, 2.05) is 0 Å². The van der Waals surface area contributed by atoms with Gasteiger partial charge >= 0.3 is 0 Å². The van der Waals surface area contributed by atoms with Crippen molar-refractivity contribution in [3.05, 3.63) is 47.5 Å². The molecule has 0 aromatic heterocycles. The molecule has 0 aliphatic carbocycles. The van der Waals surface area contributed by atoms with Gasteiger partial charge in [0.2, 0.25) is 0 Å². The molecule has 0 saturated heterocycles. The summed E-state index contributed by atoms with van der Waals surface area (Å²) < 4.78 is 21.2. The fourth-order valence-corrected chi connectivity index (χ4v) is 2.20. The van der Waals surface area contributed by atoms with E-state index in [0.717, 1.165) is 6.29 Å². The van der Waals surface area contributed by atoms with E-state index in [1.54, 1.807) is 43.5 Å². The van der Waals surface area contributed by atoms with E-state index >= 15 is 0 Å². The highest BCUT2D eigenvalue weighted by atomic mass is 16.5. The van der Waals surface area contributed by atoms with Crippen LogP contribution in [-0.4, -0.2) is 39.3 Å². The van der Waals surface area contributed by atoms with Gasteiger partial charge in [-0.05, 0) is 35.9 Å². The van der Waals surface area contributed by atoms with Crippen molar-refractivity contribution in [2.45, 2.75) is 6.10 Å². The van der Waals surface area contributed by atoms with Crippen LogP contribution in [0.5, 0.6) is 23.0 Å². The number of carbonyl (C=O) groups is 1. The zero-order valence-corrected chi connectivity index (χ0v) is 13.8. The van der Waals surface area contributed by atoms with Gasteiger partial charge in [-0.15, -0.1) is 0 Å². The number of benzene rings is 2. The minimum absolute atomic E-state index is 0.0201. The lowest BCUT2D eigenvalue weighted by atomic mass is 10.1. The number of aldehydes is 1. The summed E-state index contributed by atoms with van der Waals surface area (Å²) in [7, 11) is 4.57. The Bertz CT molecular complexity index is 698. The quantitative estimate of drug-likeness (QED) is 0.749. The van der Waals surface area contributed by atoms with E-state index in [-0.39, 0.29) is 6.61 Å². The van der Waals surface area contributed by atoms with Crippen LogP contribution < -0.4 is 18.9 Å². The molecule has 2 aromatic rings. The molecule has 0 radical (unpaired) electrons. The van der Waals surface area contributed by atoms with Crippen LogP contribution in [0, 0.1) is 0 Å². The molecule has 0 aliphatic heterocycles. The predicted molar refractivity (Wildman–Crippen MR) is 88.4 cm³/mol. The van der Waals surface area contributed by atoms with Crippen molar-refractivity contribution in [3.63, 3.8) is 0 Å². The van der Waals surface area contributed by atoms with Crippen LogP contribution in [0.1, 0.15) is 22.0 Å². The van der Waals surface area contributed by atoms with E-state index in [4.69, 9.17) is 18.9 Å². The fourth-order valence-electron chi connectivity index (χ4n) is 2.20. The second-order valence-electron chi connectivity index (χ2n) is 4.97. The maximum absolute atomic E-state index is 10.8. The van der Waals surface area contributed by atoms with Crippen LogP contribution in [0.4, 0.5) is 0 Å². The molecule has 6 nitrogen and oxygen atoms in total. The minimum Gasteiger partial charge on any atom is -0.493 e. The van der Waals surface area contributed by atoms with Crippen LogP contribution >= 0.6 is 0 Å². The second-order valence-corrected chi connectivity index (χ2v) is 4.97. The first-order valence-corrected chi connectivity index (χ1v) is 7.29. The van der Waals surface area contributed by atoms with Crippen LogP contribution in [0.2, 0.25) is 0 Å². The zero-order chi connectivity index (χ0) is 17.5. The summed E-state index contributed by atoms with van der Waals surface area (Å²) in [5.74, 6) is 1.99. The van der Waals surface area contributed by atoms with Gasteiger partial charge < -0.3 is 24.1 Å². The molecule has 6 heteroatoms. The van der Waals surface area contributed by atoms with Crippen LogP contribution in [-0.2, 0) is 0 Å². The molecular formula is C18H20O6. The third-order valence-corrected chi connectivity index (χ3v) is 3.51. The highest BCUT2D eigenvalue weighted by Crippen LogP contribution is 2.31. The smallest absolute Gasteiger partial charge is 0.161 e. The fraction of sp³-hybridized carbons (Fsp3) is 0.278. The van der Waals surface area contributed by atoms with Gasteiger partial charge in [0.1, 0.15) is 19.0 Å². The molecule has 1 atom stereocenters. The molecule has 128 valence electrons. The number of rotatable bonds is 8. The normalized spacial score (nSPS) is 11.5. The molecule has 2 rings (SSSR count). The van der Waals surface area contributed by atoms with Gasteiger partial charge in [0, 0.05) is 5.56 Å². The summed E-state index contributed by atoms with van der Waals surface area (Å²) in [5.41, 5.74) is 1.12. The number of methoxy groups -OCH3 is 3.